The number of hydrogen-bond acceptors (Lipinski definition) is 7. The van der Waals surface area contributed by atoms with Crippen LogP contribution in [0.15, 0.2) is 48.6 Å². The van der Waals surface area contributed by atoms with Gasteiger partial charge in [-0.1, -0.05) is 210 Å². The molecule has 0 aromatic rings. The number of nitrogens with two attached hydrogens (primary N) is 1. The van der Waals surface area contributed by atoms with E-state index < -0.39 is 38.6 Å². The van der Waals surface area contributed by atoms with E-state index >= 15 is 0 Å². The number of carbonyl (C=O) groups excluding carboxylic acids is 1. The van der Waals surface area contributed by atoms with Gasteiger partial charge in [0.1, 0.15) is 0 Å². The summed E-state index contributed by atoms with van der Waals surface area (Å²) in [4.78, 5) is 22.9. The van der Waals surface area contributed by atoms with Crippen molar-refractivity contribution in [3.8, 4) is 0 Å². The summed E-state index contributed by atoms with van der Waals surface area (Å²) in [7, 11) is -4.42. The first-order chi connectivity index (χ1) is 30.3. The van der Waals surface area contributed by atoms with Crippen molar-refractivity contribution in [2.24, 2.45) is 5.73 Å². The van der Waals surface area contributed by atoms with Crippen molar-refractivity contribution in [1.82, 2.24) is 5.32 Å². The predicted octanol–water partition coefficient (Wildman–Crippen LogP) is 14.2. The third-order valence-electron chi connectivity index (χ3n) is 11.4. The highest BCUT2D eigenvalue weighted by atomic mass is 31.2. The lowest BCUT2D eigenvalue weighted by atomic mass is 10.0. The number of allylic oxidation sites excluding steroid dienone is 7. The van der Waals surface area contributed by atoms with Crippen LogP contribution in [0.25, 0.3) is 0 Å². The quantitative estimate of drug-likeness (QED) is 0.0230. The van der Waals surface area contributed by atoms with Crippen LogP contribution in [0.2, 0.25) is 0 Å². The van der Waals surface area contributed by atoms with Gasteiger partial charge in [0.05, 0.1) is 37.9 Å². The molecule has 0 bridgehead atoms. The van der Waals surface area contributed by atoms with Crippen molar-refractivity contribution in [3.63, 3.8) is 0 Å². The normalized spacial score (nSPS) is 14.7. The Bertz CT molecular complexity index is 1130. The van der Waals surface area contributed by atoms with Crippen LogP contribution < -0.4 is 11.1 Å². The van der Waals surface area contributed by atoms with E-state index in [-0.39, 0.29) is 19.6 Å². The van der Waals surface area contributed by atoms with Crippen molar-refractivity contribution >= 4 is 13.7 Å². The first-order valence-electron chi connectivity index (χ1n) is 25.8. The second-order valence-electron chi connectivity index (χ2n) is 17.5. The molecule has 0 aliphatic rings. The average molecular weight is 895 g/mol. The molecule has 0 rings (SSSR count). The molecule has 4 atom stereocenters. The van der Waals surface area contributed by atoms with Crippen LogP contribution in [0.4, 0.5) is 0 Å². The molecular formula is C52H99N2O7P. The van der Waals surface area contributed by atoms with Crippen LogP contribution in [-0.2, 0) is 18.4 Å². The van der Waals surface area contributed by atoms with Crippen molar-refractivity contribution in [3.05, 3.63) is 48.6 Å². The lowest BCUT2D eigenvalue weighted by molar-refractivity contribution is -0.124. The molecule has 10 heteroatoms. The minimum atomic E-state index is -4.42. The zero-order chi connectivity index (χ0) is 45.5. The number of unbranched alkanes of at least 4 members (excludes halogenated alkanes) is 28. The molecule has 1 amide bonds. The highest BCUT2D eigenvalue weighted by Gasteiger charge is 2.27. The smallest absolute Gasteiger partial charge is 0.393 e. The van der Waals surface area contributed by atoms with Gasteiger partial charge in [0.2, 0.25) is 5.91 Å². The summed E-state index contributed by atoms with van der Waals surface area (Å²) < 4.78 is 22.1. The summed E-state index contributed by atoms with van der Waals surface area (Å²) in [6.07, 6.45) is 56.4. The van der Waals surface area contributed by atoms with E-state index in [9.17, 15) is 24.5 Å². The van der Waals surface area contributed by atoms with Gasteiger partial charge in [-0.15, -0.1) is 0 Å². The van der Waals surface area contributed by atoms with Crippen molar-refractivity contribution < 1.29 is 33.5 Å². The Morgan fingerprint density at radius 1 is 0.548 bits per heavy atom. The van der Waals surface area contributed by atoms with E-state index in [1.807, 2.05) is 6.08 Å². The number of phosphoric acid groups is 1. The van der Waals surface area contributed by atoms with Crippen LogP contribution in [0.1, 0.15) is 239 Å². The Balaban J connectivity index is 4.27. The van der Waals surface area contributed by atoms with Crippen molar-refractivity contribution in [2.75, 3.05) is 19.8 Å². The fourth-order valence-corrected chi connectivity index (χ4v) is 8.26. The van der Waals surface area contributed by atoms with Gasteiger partial charge in [-0.05, 0) is 70.6 Å². The van der Waals surface area contributed by atoms with Gasteiger partial charge < -0.3 is 26.2 Å². The fraction of sp³-hybridized carbons (Fsp3) is 0.827. The summed E-state index contributed by atoms with van der Waals surface area (Å²) in [6, 6.07) is -1.01. The van der Waals surface area contributed by atoms with Gasteiger partial charge >= 0.3 is 7.82 Å². The molecular weight excluding hydrogens is 796 g/mol. The van der Waals surface area contributed by atoms with Crippen LogP contribution >= 0.6 is 7.82 Å². The highest BCUT2D eigenvalue weighted by molar-refractivity contribution is 7.47. The molecule has 0 aromatic carbocycles. The Labute approximate surface area is 382 Å². The maximum absolute atomic E-state index is 12.9. The molecule has 4 unspecified atom stereocenters. The Morgan fingerprint density at radius 3 is 1.34 bits per heavy atom. The van der Waals surface area contributed by atoms with Gasteiger partial charge in [0.25, 0.3) is 0 Å². The van der Waals surface area contributed by atoms with Crippen LogP contribution in [0, 0.1) is 0 Å². The minimum absolute atomic E-state index is 0.0405. The summed E-state index contributed by atoms with van der Waals surface area (Å²) in [5, 5.41) is 24.1. The summed E-state index contributed by atoms with van der Waals surface area (Å²) >= 11 is 0. The first kappa shape index (κ1) is 60.4. The first-order valence-corrected chi connectivity index (χ1v) is 27.3. The second-order valence-corrected chi connectivity index (χ2v) is 19.0. The molecule has 62 heavy (non-hydrogen) atoms. The number of amides is 1. The molecule has 0 aromatic heterocycles. The maximum Gasteiger partial charge on any atom is 0.472 e. The third-order valence-corrected chi connectivity index (χ3v) is 12.4. The second kappa shape index (κ2) is 47.4. The predicted molar refractivity (Wildman–Crippen MR) is 264 cm³/mol. The number of phosphoric ester groups is 1. The summed E-state index contributed by atoms with van der Waals surface area (Å²) in [5.41, 5.74) is 5.38. The van der Waals surface area contributed by atoms with E-state index in [4.69, 9.17) is 14.8 Å². The lowest BCUT2D eigenvalue weighted by Crippen LogP contribution is -2.46. The number of aliphatic hydroxyl groups excluding tert-OH is 2. The number of rotatable bonds is 48. The van der Waals surface area contributed by atoms with E-state index in [1.165, 1.54) is 148 Å². The topological polar surface area (TPSA) is 151 Å². The van der Waals surface area contributed by atoms with Gasteiger partial charge in [0, 0.05) is 6.54 Å². The Hall–Kier alpha value is -1.58. The van der Waals surface area contributed by atoms with Crippen molar-refractivity contribution in [2.45, 2.75) is 257 Å². The van der Waals surface area contributed by atoms with Gasteiger partial charge in [0.15, 0.2) is 0 Å². The molecule has 6 N–H and O–H groups in total. The SMILES string of the molecule is CCCCCCCCCCC/C=C/CC/C=C/CC/C=C/C(O)C(COP(=O)(O)OCCN)NC(=O)CC(O)CCCCCCC/C=C\CCCCCCCCCCCCCC. The van der Waals surface area contributed by atoms with E-state index in [0.717, 1.165) is 57.8 Å². The fourth-order valence-electron chi connectivity index (χ4n) is 7.50. The van der Waals surface area contributed by atoms with Gasteiger partial charge in [-0.25, -0.2) is 4.57 Å². The van der Waals surface area contributed by atoms with Crippen molar-refractivity contribution in [1.29, 1.82) is 0 Å². The van der Waals surface area contributed by atoms with Crippen LogP contribution in [0.5, 0.6) is 0 Å². The number of carbonyl (C=O) groups is 1. The number of nitrogens with one attached hydrogen (secondary N) is 1. The molecule has 0 fully saturated rings. The standard InChI is InChI=1S/C52H99N2O7P/c1-3-5-7-9-11-13-15-17-19-21-23-24-26-27-29-31-33-35-37-39-41-43-49(55)47-52(57)54-50(48-61-62(58,59)60-46-45-53)51(56)44-42-40-38-36-34-32-30-28-25-22-20-18-16-14-12-10-8-6-4-2/h25,27-29,34,36,42,44,49-51,55-56H,3-24,26,30-33,35,37-41,43,45-48,53H2,1-2H3,(H,54,57)(H,58,59)/b28-25+,29-27-,36-34+,44-42+. The summed E-state index contributed by atoms with van der Waals surface area (Å²) in [5.74, 6) is -0.463. The molecule has 0 spiro atoms. The zero-order valence-electron chi connectivity index (χ0n) is 40.2. The largest absolute Gasteiger partial charge is 0.472 e. The molecule has 0 saturated carbocycles. The summed E-state index contributed by atoms with van der Waals surface area (Å²) in [6.45, 7) is 3.96. The third kappa shape index (κ3) is 45.0. The van der Waals surface area contributed by atoms with E-state index in [0.29, 0.717) is 12.8 Å². The Morgan fingerprint density at radius 2 is 0.919 bits per heavy atom. The Kier molecular flexibility index (Phi) is 46.2. The number of hydrogen-bond donors (Lipinski definition) is 5. The number of aliphatic hydroxyl groups is 2. The molecule has 364 valence electrons. The highest BCUT2D eigenvalue weighted by Crippen LogP contribution is 2.43. The molecule has 9 nitrogen and oxygen atoms in total. The lowest BCUT2D eigenvalue weighted by Gasteiger charge is -2.24. The average Bonchev–Trinajstić information content (AvgIpc) is 3.25. The minimum Gasteiger partial charge on any atom is -0.393 e. The maximum atomic E-state index is 12.9. The van der Waals surface area contributed by atoms with Gasteiger partial charge in [-0.3, -0.25) is 13.8 Å². The zero-order valence-corrected chi connectivity index (χ0v) is 41.1. The molecule has 0 aliphatic carbocycles. The molecule has 0 saturated heterocycles. The van der Waals surface area contributed by atoms with Crippen LogP contribution in [0.3, 0.4) is 0 Å². The monoisotopic (exact) mass is 895 g/mol. The molecule has 0 heterocycles. The van der Waals surface area contributed by atoms with Gasteiger partial charge in [-0.2, -0.15) is 0 Å². The molecule has 0 radical (unpaired) electrons. The van der Waals surface area contributed by atoms with Crippen LogP contribution in [-0.4, -0.2) is 59.0 Å². The van der Waals surface area contributed by atoms with E-state index in [2.05, 4.69) is 55.6 Å². The van der Waals surface area contributed by atoms with E-state index in [1.54, 1.807) is 6.08 Å². The molecule has 0 aliphatic heterocycles.